The molecule has 0 saturated heterocycles. The Labute approximate surface area is 150 Å². The number of hydrogen-bond acceptors (Lipinski definition) is 4. The molecule has 1 fully saturated rings. The molecular weight excluding hydrogens is 335 g/mol. The van der Waals surface area contributed by atoms with E-state index in [1.807, 2.05) is 11.9 Å². The second-order valence-electron chi connectivity index (χ2n) is 7.24. The Bertz CT molecular complexity index is 945. The van der Waals surface area contributed by atoms with Gasteiger partial charge < -0.3 is 20.5 Å². The van der Waals surface area contributed by atoms with Crippen LogP contribution in [0.2, 0.25) is 0 Å². The van der Waals surface area contributed by atoms with E-state index in [9.17, 15) is 14.0 Å². The molecule has 1 amide bonds. The summed E-state index contributed by atoms with van der Waals surface area (Å²) in [5.74, 6) is -0.928. The van der Waals surface area contributed by atoms with Gasteiger partial charge in [0.05, 0.1) is 16.6 Å². The molecule has 2 aliphatic rings. The average molecular weight is 358 g/mol. The summed E-state index contributed by atoms with van der Waals surface area (Å²) in [5, 5.41) is 6.16. The van der Waals surface area contributed by atoms with Crippen molar-refractivity contribution < 1.29 is 9.18 Å². The van der Waals surface area contributed by atoms with Gasteiger partial charge in [-0.3, -0.25) is 9.59 Å². The van der Waals surface area contributed by atoms with E-state index in [2.05, 4.69) is 15.6 Å². The molecule has 1 aromatic carbocycles. The molecule has 138 valence electrons. The summed E-state index contributed by atoms with van der Waals surface area (Å²) in [4.78, 5) is 29.6. The van der Waals surface area contributed by atoms with Gasteiger partial charge in [0.2, 0.25) is 5.43 Å². The summed E-state index contributed by atoms with van der Waals surface area (Å²) < 4.78 is 15.0. The second-order valence-corrected chi connectivity index (χ2v) is 7.24. The van der Waals surface area contributed by atoms with Crippen LogP contribution in [-0.2, 0) is 0 Å². The van der Waals surface area contributed by atoms with Crippen molar-refractivity contribution in [2.24, 2.45) is 0 Å². The first-order valence-electron chi connectivity index (χ1n) is 9.10. The molecule has 1 spiro atoms. The molecule has 1 saturated carbocycles. The van der Waals surface area contributed by atoms with Crippen LogP contribution in [-0.4, -0.2) is 30.6 Å². The largest absolute Gasteiger partial charge is 0.359 e. The van der Waals surface area contributed by atoms with Crippen molar-refractivity contribution in [2.45, 2.75) is 44.2 Å². The van der Waals surface area contributed by atoms with Crippen LogP contribution in [0.5, 0.6) is 0 Å². The number of benzene rings is 1. The van der Waals surface area contributed by atoms with Gasteiger partial charge in [-0.05, 0) is 31.7 Å². The maximum atomic E-state index is 15.0. The first-order chi connectivity index (χ1) is 12.5. The summed E-state index contributed by atoms with van der Waals surface area (Å²) in [7, 11) is 3.37. The Morgan fingerprint density at radius 1 is 1.27 bits per heavy atom. The molecule has 0 radical (unpaired) electrons. The first-order valence-corrected chi connectivity index (χ1v) is 9.10. The standard InChI is InChI=1S/C19H23FN4O2/c1-21-18(26)12-10-22-14-11(17(12)25)9-13(20)16-15(14)23-19(24(16)2)7-5-3-4-6-8-19/h9-10,23H,3-8H2,1-2H3,(H,21,26)(H,22,25). The number of nitrogens with one attached hydrogen (secondary N) is 3. The van der Waals surface area contributed by atoms with Crippen molar-refractivity contribution in [3.05, 3.63) is 33.9 Å². The lowest BCUT2D eigenvalue weighted by molar-refractivity contribution is 0.0962. The Morgan fingerprint density at radius 3 is 2.62 bits per heavy atom. The van der Waals surface area contributed by atoms with Crippen molar-refractivity contribution in [3.63, 3.8) is 0 Å². The lowest BCUT2D eigenvalue weighted by atomic mass is 10.00. The average Bonchev–Trinajstić information content (AvgIpc) is 2.78. The minimum Gasteiger partial charge on any atom is -0.359 e. The number of amides is 1. The number of aromatic nitrogens is 1. The van der Waals surface area contributed by atoms with Gasteiger partial charge in [0.1, 0.15) is 22.7 Å². The second kappa shape index (κ2) is 6.00. The third-order valence-electron chi connectivity index (χ3n) is 5.84. The van der Waals surface area contributed by atoms with Gasteiger partial charge in [0.15, 0.2) is 0 Å². The normalized spacial score (nSPS) is 18.5. The van der Waals surface area contributed by atoms with Gasteiger partial charge in [-0.1, -0.05) is 12.8 Å². The highest BCUT2D eigenvalue weighted by Crippen LogP contribution is 2.48. The van der Waals surface area contributed by atoms with E-state index in [1.165, 1.54) is 32.2 Å². The molecule has 2 heterocycles. The zero-order valence-electron chi connectivity index (χ0n) is 15.0. The van der Waals surface area contributed by atoms with Crippen LogP contribution in [0, 0.1) is 5.82 Å². The van der Waals surface area contributed by atoms with E-state index < -0.39 is 17.2 Å². The molecular formula is C19H23FN4O2. The minimum absolute atomic E-state index is 0.0186. The van der Waals surface area contributed by atoms with Crippen LogP contribution in [0.4, 0.5) is 15.8 Å². The molecule has 2 aromatic rings. The zero-order chi connectivity index (χ0) is 18.5. The highest BCUT2D eigenvalue weighted by Gasteiger charge is 2.43. The SMILES string of the molecule is CNC(=O)c1c[nH]c2c3c(c(F)cc2c1=O)N(C)C1(CCCCCC1)N3. The third kappa shape index (κ3) is 2.29. The van der Waals surface area contributed by atoms with Gasteiger partial charge in [-0.25, -0.2) is 4.39 Å². The van der Waals surface area contributed by atoms with Gasteiger partial charge in [-0.2, -0.15) is 0 Å². The van der Waals surface area contributed by atoms with E-state index in [4.69, 9.17) is 0 Å². The van der Waals surface area contributed by atoms with Gasteiger partial charge >= 0.3 is 0 Å². The number of fused-ring (bicyclic) bond motifs is 3. The minimum atomic E-state index is -0.487. The monoisotopic (exact) mass is 358 g/mol. The number of aromatic amines is 1. The number of carbonyl (C=O) groups is 1. The summed E-state index contributed by atoms with van der Waals surface area (Å²) in [6.07, 6.45) is 7.80. The molecule has 6 nitrogen and oxygen atoms in total. The number of carbonyl (C=O) groups excluding carboxylic acids is 1. The molecule has 0 atom stereocenters. The highest BCUT2D eigenvalue weighted by atomic mass is 19.1. The van der Waals surface area contributed by atoms with Crippen molar-refractivity contribution in [1.82, 2.24) is 10.3 Å². The summed E-state index contributed by atoms with van der Waals surface area (Å²) in [5.41, 5.74) is 0.852. The first kappa shape index (κ1) is 16.9. The lowest BCUT2D eigenvalue weighted by Gasteiger charge is -2.37. The van der Waals surface area contributed by atoms with Crippen molar-refractivity contribution in [1.29, 1.82) is 0 Å². The number of nitrogens with zero attached hydrogens (tertiary/aromatic N) is 1. The van der Waals surface area contributed by atoms with Crippen molar-refractivity contribution >= 4 is 28.2 Å². The van der Waals surface area contributed by atoms with E-state index in [0.29, 0.717) is 16.9 Å². The summed E-state index contributed by atoms with van der Waals surface area (Å²) in [6.45, 7) is 0. The highest BCUT2D eigenvalue weighted by molar-refractivity contribution is 6.03. The third-order valence-corrected chi connectivity index (χ3v) is 5.84. The molecule has 4 rings (SSSR count). The fraction of sp³-hybridized carbons (Fsp3) is 0.474. The number of hydrogen-bond donors (Lipinski definition) is 3. The van der Waals surface area contributed by atoms with Crippen molar-refractivity contribution in [3.8, 4) is 0 Å². The van der Waals surface area contributed by atoms with Crippen LogP contribution in [0.1, 0.15) is 48.9 Å². The topological polar surface area (TPSA) is 77.2 Å². The molecule has 0 bridgehead atoms. The van der Waals surface area contributed by atoms with Crippen LogP contribution in [0.3, 0.4) is 0 Å². The van der Waals surface area contributed by atoms with Crippen LogP contribution < -0.4 is 21.0 Å². The van der Waals surface area contributed by atoms with E-state index in [1.54, 1.807) is 0 Å². The number of anilines is 2. The summed E-state index contributed by atoms with van der Waals surface area (Å²) >= 11 is 0. The van der Waals surface area contributed by atoms with Gasteiger partial charge in [-0.15, -0.1) is 0 Å². The van der Waals surface area contributed by atoms with E-state index >= 15 is 0 Å². The number of rotatable bonds is 1. The fourth-order valence-corrected chi connectivity index (χ4v) is 4.38. The zero-order valence-corrected chi connectivity index (χ0v) is 15.0. The van der Waals surface area contributed by atoms with E-state index in [0.717, 1.165) is 25.7 Å². The lowest BCUT2D eigenvalue weighted by Crippen LogP contribution is -2.48. The van der Waals surface area contributed by atoms with E-state index in [-0.39, 0.29) is 16.6 Å². The Hall–Kier alpha value is -2.57. The fourth-order valence-electron chi connectivity index (χ4n) is 4.38. The number of halogens is 1. The molecule has 26 heavy (non-hydrogen) atoms. The number of H-pyrrole nitrogens is 1. The van der Waals surface area contributed by atoms with Crippen LogP contribution in [0.25, 0.3) is 10.9 Å². The Morgan fingerprint density at radius 2 is 1.96 bits per heavy atom. The van der Waals surface area contributed by atoms with Crippen molar-refractivity contribution in [2.75, 3.05) is 24.3 Å². The predicted molar refractivity (Wildman–Crippen MR) is 100 cm³/mol. The Balaban J connectivity index is 1.91. The maximum Gasteiger partial charge on any atom is 0.256 e. The molecule has 1 aliphatic carbocycles. The molecule has 3 N–H and O–H groups in total. The van der Waals surface area contributed by atoms with Crippen LogP contribution in [0.15, 0.2) is 17.1 Å². The molecule has 0 unspecified atom stereocenters. The quantitative estimate of drug-likeness (QED) is 0.732. The number of pyridine rings is 1. The maximum absolute atomic E-state index is 15.0. The van der Waals surface area contributed by atoms with Crippen LogP contribution >= 0.6 is 0 Å². The molecule has 1 aromatic heterocycles. The predicted octanol–water partition coefficient (Wildman–Crippen LogP) is 2.94. The Kier molecular flexibility index (Phi) is 3.89. The summed E-state index contributed by atoms with van der Waals surface area (Å²) in [6, 6.07) is 1.24. The smallest absolute Gasteiger partial charge is 0.256 e. The van der Waals surface area contributed by atoms with Gasteiger partial charge in [0.25, 0.3) is 5.91 Å². The van der Waals surface area contributed by atoms with Gasteiger partial charge in [0, 0.05) is 20.3 Å². The molecule has 1 aliphatic heterocycles. The molecule has 7 heteroatoms.